The Morgan fingerprint density at radius 1 is 0.846 bits per heavy atom. The number of halogens is 1. The van der Waals surface area contributed by atoms with Gasteiger partial charge < -0.3 is 4.52 Å². The topological polar surface area (TPSA) is 103 Å². The lowest BCUT2D eigenvalue weighted by atomic mass is 9.91. The van der Waals surface area contributed by atoms with E-state index in [1.165, 1.54) is 57.1 Å². The van der Waals surface area contributed by atoms with E-state index in [-0.39, 0.29) is 32.7 Å². The van der Waals surface area contributed by atoms with Gasteiger partial charge in [-0.25, -0.2) is 16.8 Å². The molecule has 0 saturated heterocycles. The Morgan fingerprint density at radius 2 is 1.36 bits per heavy atom. The number of hydrogen-bond donors (Lipinski definition) is 0. The van der Waals surface area contributed by atoms with Gasteiger partial charge in [0.2, 0.25) is 0 Å². The van der Waals surface area contributed by atoms with E-state index in [1.54, 1.807) is 0 Å². The molecule has 0 aliphatic rings. The smallest absolute Gasteiger partial charge is 0.292 e. The standard InChI is InChI=1S/C29H46ClNO6S2/c1-6-7-8-9-10-11-12-13-14-15-16-17-20-39(35,36)26-21-23(38(5,33)34)18-19-25(26)31-28(32)24(22-30)27(37-31)29(2,3)4/h18-19,21H,6-17,20,22H2,1-5H3. The molecule has 1 aromatic carbocycles. The Bertz CT molecular complexity index is 1330. The van der Waals surface area contributed by atoms with Gasteiger partial charge in [0, 0.05) is 11.7 Å². The molecule has 2 rings (SSSR count). The van der Waals surface area contributed by atoms with E-state index in [1.807, 2.05) is 20.8 Å². The average Bonchev–Trinajstić information content (AvgIpc) is 3.20. The highest BCUT2D eigenvalue weighted by atomic mass is 35.5. The maximum absolute atomic E-state index is 13.5. The van der Waals surface area contributed by atoms with Gasteiger partial charge in [-0.05, 0) is 24.6 Å². The molecule has 2 aromatic rings. The lowest BCUT2D eigenvalue weighted by Gasteiger charge is -2.15. The first-order valence-electron chi connectivity index (χ1n) is 14.1. The molecule has 0 amide bonds. The molecular weight excluding hydrogens is 558 g/mol. The predicted octanol–water partition coefficient (Wildman–Crippen LogP) is 7.35. The molecule has 1 heterocycles. The molecule has 10 heteroatoms. The second kappa shape index (κ2) is 14.9. The molecule has 0 aliphatic heterocycles. The fourth-order valence-corrected chi connectivity index (χ4v) is 7.20. The van der Waals surface area contributed by atoms with Gasteiger partial charge in [0.05, 0.1) is 27.0 Å². The second-order valence-electron chi connectivity index (χ2n) is 11.5. The average molecular weight is 604 g/mol. The largest absolute Gasteiger partial charge is 0.375 e. The maximum Gasteiger partial charge on any atom is 0.292 e. The molecule has 0 unspecified atom stereocenters. The summed E-state index contributed by atoms with van der Waals surface area (Å²) in [4.78, 5) is 12.8. The van der Waals surface area contributed by atoms with Crippen LogP contribution in [0.4, 0.5) is 0 Å². The van der Waals surface area contributed by atoms with Crippen molar-refractivity contribution < 1.29 is 21.4 Å². The van der Waals surface area contributed by atoms with Crippen LogP contribution in [0.2, 0.25) is 0 Å². The maximum atomic E-state index is 13.5. The first-order valence-corrected chi connectivity index (χ1v) is 18.2. The van der Waals surface area contributed by atoms with Crippen molar-refractivity contribution in [2.24, 2.45) is 0 Å². The predicted molar refractivity (Wildman–Crippen MR) is 159 cm³/mol. The zero-order valence-corrected chi connectivity index (χ0v) is 26.6. The fourth-order valence-electron chi connectivity index (χ4n) is 4.66. The van der Waals surface area contributed by atoms with Crippen LogP contribution in [0.15, 0.2) is 37.3 Å². The minimum absolute atomic E-state index is 0.00629. The second-order valence-corrected chi connectivity index (χ2v) is 15.9. The summed E-state index contributed by atoms with van der Waals surface area (Å²) in [6, 6.07) is 3.74. The molecule has 0 radical (unpaired) electrons. The summed E-state index contributed by atoms with van der Waals surface area (Å²) in [6.07, 6.45) is 14.4. The summed E-state index contributed by atoms with van der Waals surface area (Å²) in [5.74, 6) is 0.123. The number of alkyl halides is 1. The van der Waals surface area contributed by atoms with Crippen LogP contribution < -0.4 is 5.56 Å². The van der Waals surface area contributed by atoms with E-state index in [0.29, 0.717) is 12.2 Å². The summed E-state index contributed by atoms with van der Waals surface area (Å²) in [6.45, 7) is 7.81. The monoisotopic (exact) mass is 603 g/mol. The number of benzene rings is 1. The van der Waals surface area contributed by atoms with Crippen molar-refractivity contribution in [3.63, 3.8) is 0 Å². The normalized spacial score (nSPS) is 12.8. The molecule has 0 fully saturated rings. The van der Waals surface area contributed by atoms with E-state index in [9.17, 15) is 21.6 Å². The van der Waals surface area contributed by atoms with Crippen LogP contribution >= 0.6 is 11.6 Å². The van der Waals surface area contributed by atoms with Crippen LogP contribution in [0.1, 0.15) is 116 Å². The Hall–Kier alpha value is -1.58. The van der Waals surface area contributed by atoms with Crippen molar-refractivity contribution in [3.05, 3.63) is 39.9 Å². The van der Waals surface area contributed by atoms with Crippen molar-refractivity contribution in [1.82, 2.24) is 4.74 Å². The van der Waals surface area contributed by atoms with Crippen LogP contribution in [0.25, 0.3) is 5.69 Å². The molecule has 7 nitrogen and oxygen atoms in total. The van der Waals surface area contributed by atoms with E-state index in [2.05, 4.69) is 6.92 Å². The van der Waals surface area contributed by atoms with Gasteiger partial charge in [0.1, 0.15) is 11.4 Å². The number of unbranched alkanes of at least 4 members (excludes halogenated alkanes) is 11. The summed E-state index contributed by atoms with van der Waals surface area (Å²) in [5.41, 5.74) is -0.854. The number of sulfone groups is 2. The molecule has 0 atom stereocenters. The van der Waals surface area contributed by atoms with Crippen molar-refractivity contribution in [2.45, 2.75) is 126 Å². The van der Waals surface area contributed by atoms with Crippen LogP contribution in [-0.4, -0.2) is 33.6 Å². The first kappa shape index (κ1) is 33.6. The Balaban J connectivity index is 2.16. The van der Waals surface area contributed by atoms with Gasteiger partial charge in [-0.1, -0.05) is 98.3 Å². The van der Waals surface area contributed by atoms with E-state index < -0.39 is 30.6 Å². The highest BCUT2D eigenvalue weighted by Crippen LogP contribution is 2.30. The summed E-state index contributed by atoms with van der Waals surface area (Å²) in [5, 5.41) is 0. The van der Waals surface area contributed by atoms with Gasteiger partial charge >= 0.3 is 0 Å². The Kier molecular flexibility index (Phi) is 12.8. The lowest BCUT2D eigenvalue weighted by molar-refractivity contribution is 0.273. The van der Waals surface area contributed by atoms with Gasteiger partial charge in [-0.3, -0.25) is 4.79 Å². The molecule has 0 aliphatic carbocycles. The van der Waals surface area contributed by atoms with Crippen LogP contribution in [-0.2, 0) is 31.0 Å². The van der Waals surface area contributed by atoms with Gasteiger partial charge in [-0.15, -0.1) is 16.3 Å². The Morgan fingerprint density at radius 3 is 1.79 bits per heavy atom. The van der Waals surface area contributed by atoms with Gasteiger partial charge in [0.25, 0.3) is 5.56 Å². The van der Waals surface area contributed by atoms with Gasteiger partial charge in [-0.2, -0.15) is 0 Å². The third-order valence-corrected chi connectivity index (χ3v) is 10.1. The molecule has 0 saturated carbocycles. The van der Waals surface area contributed by atoms with Crippen LogP contribution in [0.5, 0.6) is 0 Å². The SMILES string of the molecule is CCCCCCCCCCCCCCS(=O)(=O)c1cc(S(C)(=O)=O)ccc1-n1oc(C(C)(C)C)c(CCl)c1=O. The lowest BCUT2D eigenvalue weighted by Crippen LogP contribution is -2.20. The van der Waals surface area contributed by atoms with E-state index in [0.717, 1.165) is 42.7 Å². The van der Waals surface area contributed by atoms with Crippen molar-refractivity contribution in [1.29, 1.82) is 0 Å². The zero-order valence-electron chi connectivity index (χ0n) is 24.2. The molecule has 0 N–H and O–H groups in total. The van der Waals surface area contributed by atoms with Gasteiger partial charge in [0.15, 0.2) is 19.7 Å². The quantitative estimate of drug-likeness (QED) is 0.138. The third kappa shape index (κ3) is 9.78. The van der Waals surface area contributed by atoms with Crippen molar-refractivity contribution in [2.75, 3.05) is 12.0 Å². The molecule has 222 valence electrons. The molecule has 39 heavy (non-hydrogen) atoms. The third-order valence-electron chi connectivity index (χ3n) is 6.89. The molecule has 0 bridgehead atoms. The molecule has 0 spiro atoms. The van der Waals surface area contributed by atoms with E-state index >= 15 is 0 Å². The summed E-state index contributed by atoms with van der Waals surface area (Å²) < 4.78 is 58.2. The number of nitrogens with zero attached hydrogens (tertiary/aromatic N) is 1. The minimum Gasteiger partial charge on any atom is -0.375 e. The number of rotatable bonds is 17. The van der Waals surface area contributed by atoms with Crippen molar-refractivity contribution >= 4 is 31.3 Å². The van der Waals surface area contributed by atoms with Crippen LogP contribution in [0.3, 0.4) is 0 Å². The van der Waals surface area contributed by atoms with Crippen LogP contribution in [0, 0.1) is 0 Å². The molecular formula is C29H46ClNO6S2. The fraction of sp³-hybridized carbons (Fsp3) is 0.690. The first-order chi connectivity index (χ1) is 18.2. The Labute approximate surface area is 240 Å². The minimum atomic E-state index is -3.91. The highest BCUT2D eigenvalue weighted by Gasteiger charge is 2.30. The number of aromatic nitrogens is 1. The zero-order chi connectivity index (χ0) is 29.3. The summed E-state index contributed by atoms with van der Waals surface area (Å²) in [7, 11) is -7.59. The van der Waals surface area contributed by atoms with E-state index in [4.69, 9.17) is 16.1 Å². The van der Waals surface area contributed by atoms with Crippen molar-refractivity contribution in [3.8, 4) is 5.69 Å². The highest BCUT2D eigenvalue weighted by molar-refractivity contribution is 7.92. The number of hydrogen-bond acceptors (Lipinski definition) is 6. The molecule has 1 aromatic heterocycles. The summed E-state index contributed by atoms with van der Waals surface area (Å²) >= 11 is 6.05.